The summed E-state index contributed by atoms with van der Waals surface area (Å²) in [5.41, 5.74) is 4.04. The molecule has 0 saturated heterocycles. The molecular formula is C27H30N4O4. The number of imidazole rings is 1. The number of carboxylic acid groups (broad SMARTS) is 2. The van der Waals surface area contributed by atoms with Gasteiger partial charge in [0.1, 0.15) is 12.4 Å². The third kappa shape index (κ3) is 4.77. The van der Waals surface area contributed by atoms with Crippen LogP contribution in [-0.4, -0.2) is 34.7 Å². The van der Waals surface area contributed by atoms with E-state index in [1.165, 1.54) is 0 Å². The van der Waals surface area contributed by atoms with Crippen LogP contribution >= 0.6 is 0 Å². The molecule has 2 heterocycles. The number of aryl methyl sites for hydroxylation is 2. The Labute approximate surface area is 204 Å². The number of benzene rings is 2. The van der Waals surface area contributed by atoms with Gasteiger partial charge >= 0.3 is 5.97 Å². The summed E-state index contributed by atoms with van der Waals surface area (Å²) in [5.74, 6) is -0.123. The Hall–Kier alpha value is -4.07. The van der Waals surface area contributed by atoms with Crippen LogP contribution < -0.4 is 19.5 Å². The number of aromatic nitrogens is 2. The second kappa shape index (κ2) is 10.5. The van der Waals surface area contributed by atoms with E-state index < -0.39 is 11.9 Å². The molecule has 0 saturated carbocycles. The average Bonchev–Trinajstić information content (AvgIpc) is 3.32. The third-order valence-corrected chi connectivity index (χ3v) is 6.24. The van der Waals surface area contributed by atoms with Crippen molar-refractivity contribution in [2.75, 3.05) is 22.9 Å². The van der Waals surface area contributed by atoms with E-state index in [2.05, 4.69) is 23.3 Å². The standard InChI is InChI=1S/C27H30N4O4/c1-3-28-20-10-5-7-12-22(20)30(18-16-26(32)33)24(28)14-9-15-25-29(4-2)21-11-6-8-13-23(21)31(25)19-17-27(34)35/h5-15H,3-4,16-19H2,1-2H3,(H-,32,33,34,35). The third-order valence-electron chi connectivity index (χ3n) is 6.24. The van der Waals surface area contributed by atoms with E-state index in [1.54, 1.807) is 0 Å². The largest absolute Gasteiger partial charge is 0.550 e. The van der Waals surface area contributed by atoms with Crippen LogP contribution in [0.1, 0.15) is 32.5 Å². The quantitative estimate of drug-likeness (QED) is 0.454. The number of para-hydroxylation sites is 4. The Kier molecular flexibility index (Phi) is 7.19. The molecule has 0 fully saturated rings. The molecule has 1 aliphatic heterocycles. The molecule has 3 aromatic rings. The Morgan fingerprint density at radius 3 is 2.31 bits per heavy atom. The van der Waals surface area contributed by atoms with Crippen molar-refractivity contribution >= 4 is 40.4 Å². The highest BCUT2D eigenvalue weighted by atomic mass is 16.4. The number of allylic oxidation sites excluding steroid dienone is 2. The van der Waals surface area contributed by atoms with Gasteiger partial charge in [0.2, 0.25) is 0 Å². The zero-order chi connectivity index (χ0) is 24.9. The van der Waals surface area contributed by atoms with Crippen LogP contribution in [-0.2, 0) is 22.7 Å². The molecule has 1 aliphatic rings. The Bertz CT molecular complexity index is 1310. The van der Waals surface area contributed by atoms with Crippen LogP contribution in [0.4, 0.5) is 11.4 Å². The zero-order valence-corrected chi connectivity index (χ0v) is 20.1. The fourth-order valence-electron chi connectivity index (χ4n) is 4.75. The number of aliphatic carboxylic acids is 2. The fraction of sp³-hybridized carbons (Fsp3) is 0.296. The molecule has 0 spiro atoms. The van der Waals surface area contributed by atoms with E-state index >= 15 is 0 Å². The molecule has 0 unspecified atom stereocenters. The van der Waals surface area contributed by atoms with Gasteiger partial charge in [-0.3, -0.25) is 4.79 Å². The summed E-state index contributed by atoms with van der Waals surface area (Å²) in [7, 11) is 0. The van der Waals surface area contributed by atoms with Crippen LogP contribution in [0.2, 0.25) is 0 Å². The van der Waals surface area contributed by atoms with Gasteiger partial charge in [-0.05, 0) is 44.2 Å². The van der Waals surface area contributed by atoms with Crippen LogP contribution in [0.5, 0.6) is 0 Å². The molecule has 0 amide bonds. The van der Waals surface area contributed by atoms with E-state index in [1.807, 2.05) is 76.2 Å². The summed E-state index contributed by atoms with van der Waals surface area (Å²) >= 11 is 0. The molecule has 8 nitrogen and oxygen atoms in total. The predicted octanol–water partition coefficient (Wildman–Crippen LogP) is 2.76. The minimum Gasteiger partial charge on any atom is -0.550 e. The minimum absolute atomic E-state index is 0.0280. The van der Waals surface area contributed by atoms with E-state index in [9.17, 15) is 19.8 Å². The lowest BCUT2D eigenvalue weighted by Crippen LogP contribution is -2.37. The number of rotatable bonds is 10. The molecule has 0 radical (unpaired) electrons. The first-order valence-electron chi connectivity index (χ1n) is 11.9. The topological polar surface area (TPSA) is 92.7 Å². The fourth-order valence-corrected chi connectivity index (χ4v) is 4.75. The number of anilines is 2. The molecule has 0 aliphatic carbocycles. The predicted molar refractivity (Wildman–Crippen MR) is 134 cm³/mol. The summed E-state index contributed by atoms with van der Waals surface area (Å²) in [6.45, 7) is 6.27. The number of carbonyl (C=O) groups excluding carboxylic acids is 1. The van der Waals surface area contributed by atoms with Crippen molar-refractivity contribution < 1.29 is 24.4 Å². The number of fused-ring (bicyclic) bond motifs is 2. The summed E-state index contributed by atoms with van der Waals surface area (Å²) in [4.78, 5) is 26.7. The van der Waals surface area contributed by atoms with Crippen molar-refractivity contribution in [1.29, 1.82) is 0 Å². The molecule has 8 heteroatoms. The maximum Gasteiger partial charge on any atom is 0.307 e. The first-order valence-corrected chi connectivity index (χ1v) is 11.9. The lowest BCUT2D eigenvalue weighted by atomic mass is 10.2. The summed E-state index contributed by atoms with van der Waals surface area (Å²) < 4.78 is 4.21. The average molecular weight is 475 g/mol. The summed E-state index contributed by atoms with van der Waals surface area (Å²) in [6, 6.07) is 15.9. The van der Waals surface area contributed by atoms with E-state index in [-0.39, 0.29) is 12.8 Å². The first-order chi connectivity index (χ1) is 17.0. The van der Waals surface area contributed by atoms with Crippen molar-refractivity contribution in [2.24, 2.45) is 0 Å². The van der Waals surface area contributed by atoms with Crippen LogP contribution in [0.15, 0.2) is 66.5 Å². The van der Waals surface area contributed by atoms with Gasteiger partial charge in [0, 0.05) is 31.6 Å². The molecule has 0 atom stereocenters. The van der Waals surface area contributed by atoms with Crippen LogP contribution in [0.25, 0.3) is 17.1 Å². The SMILES string of the molecule is CCN1C(=CC=Cc2n(CC)c3ccccc3[n+]2CCC(=O)O)N(CCC(=O)[O-])c2ccccc21. The number of nitrogens with zero attached hydrogens (tertiary/aromatic N) is 4. The van der Waals surface area contributed by atoms with Gasteiger partial charge in [-0.25, -0.2) is 9.13 Å². The van der Waals surface area contributed by atoms with Gasteiger partial charge < -0.3 is 24.8 Å². The molecule has 182 valence electrons. The minimum atomic E-state index is -1.08. The Morgan fingerprint density at radius 2 is 1.66 bits per heavy atom. The second-order valence-corrected chi connectivity index (χ2v) is 8.28. The van der Waals surface area contributed by atoms with E-state index in [0.717, 1.165) is 47.1 Å². The second-order valence-electron chi connectivity index (χ2n) is 8.28. The van der Waals surface area contributed by atoms with Crippen molar-refractivity contribution in [3.8, 4) is 0 Å². The monoisotopic (exact) mass is 474 g/mol. The number of hydrogen-bond donors (Lipinski definition) is 1. The van der Waals surface area contributed by atoms with Crippen LogP contribution in [0, 0.1) is 0 Å². The van der Waals surface area contributed by atoms with Crippen LogP contribution in [0.3, 0.4) is 0 Å². The number of carboxylic acids is 2. The van der Waals surface area contributed by atoms with Gasteiger partial charge in [-0.1, -0.05) is 30.3 Å². The highest BCUT2D eigenvalue weighted by Crippen LogP contribution is 2.41. The van der Waals surface area contributed by atoms with Crippen molar-refractivity contribution in [2.45, 2.75) is 39.8 Å². The molecule has 1 aromatic heterocycles. The van der Waals surface area contributed by atoms with Gasteiger partial charge in [0.25, 0.3) is 5.82 Å². The van der Waals surface area contributed by atoms with Crippen molar-refractivity contribution in [1.82, 2.24) is 4.57 Å². The molecule has 2 aromatic carbocycles. The van der Waals surface area contributed by atoms with Crippen molar-refractivity contribution in [3.63, 3.8) is 0 Å². The van der Waals surface area contributed by atoms with Gasteiger partial charge in [0.15, 0.2) is 11.0 Å². The maximum absolute atomic E-state index is 11.3. The van der Waals surface area contributed by atoms with E-state index in [0.29, 0.717) is 13.1 Å². The number of carbonyl (C=O) groups is 2. The normalized spacial score (nSPS) is 14.4. The lowest BCUT2D eigenvalue weighted by Gasteiger charge is -2.24. The summed E-state index contributed by atoms with van der Waals surface area (Å²) in [6.07, 6.45) is 5.88. The Morgan fingerprint density at radius 1 is 0.971 bits per heavy atom. The van der Waals surface area contributed by atoms with Gasteiger partial charge in [-0.2, -0.15) is 0 Å². The summed E-state index contributed by atoms with van der Waals surface area (Å²) in [5, 5.41) is 20.5. The Balaban J connectivity index is 1.76. The molecule has 4 rings (SSSR count). The molecule has 1 N–H and O–H groups in total. The van der Waals surface area contributed by atoms with Gasteiger partial charge in [0.05, 0.1) is 24.3 Å². The zero-order valence-electron chi connectivity index (χ0n) is 20.1. The molecular weight excluding hydrogens is 444 g/mol. The van der Waals surface area contributed by atoms with Crippen molar-refractivity contribution in [3.05, 3.63) is 72.3 Å². The molecule has 0 bridgehead atoms. The highest BCUT2D eigenvalue weighted by Gasteiger charge is 2.29. The van der Waals surface area contributed by atoms with E-state index in [4.69, 9.17) is 0 Å². The smallest absolute Gasteiger partial charge is 0.307 e. The number of hydrogen-bond acceptors (Lipinski definition) is 5. The molecule has 35 heavy (non-hydrogen) atoms. The maximum atomic E-state index is 11.3. The van der Waals surface area contributed by atoms with Gasteiger partial charge in [-0.15, -0.1) is 0 Å². The lowest BCUT2D eigenvalue weighted by molar-refractivity contribution is -0.673. The highest BCUT2D eigenvalue weighted by molar-refractivity contribution is 5.83. The first kappa shape index (κ1) is 24.1.